The Kier molecular flexibility index (Phi) is 6.47. The van der Waals surface area contributed by atoms with Crippen molar-refractivity contribution in [3.63, 3.8) is 0 Å². The number of furan rings is 1. The van der Waals surface area contributed by atoms with Crippen LogP contribution in [0.5, 0.6) is 5.75 Å². The standard InChI is InChI=1S/C10H9NO3.C8H18/c1-13-7-2-3-8-6(4-7)5-9(14-8)10(11)12;1-6(2)8(5)7(3)4/h2-5H,1H3,(H2,11,12);6-8H,1-5H3. The Hall–Kier alpha value is -1.97. The van der Waals surface area contributed by atoms with E-state index in [1.54, 1.807) is 31.4 Å². The number of rotatable bonds is 4. The van der Waals surface area contributed by atoms with Gasteiger partial charge < -0.3 is 14.9 Å². The second-order valence-corrected chi connectivity index (χ2v) is 6.23. The van der Waals surface area contributed by atoms with Gasteiger partial charge in [-0.05, 0) is 42.0 Å². The molecule has 2 N–H and O–H groups in total. The Morgan fingerprint density at radius 2 is 1.68 bits per heavy atom. The highest BCUT2D eigenvalue weighted by molar-refractivity contribution is 5.95. The second kappa shape index (κ2) is 7.87. The summed E-state index contributed by atoms with van der Waals surface area (Å²) in [5, 5.41) is 0.804. The molecule has 0 aliphatic carbocycles. The van der Waals surface area contributed by atoms with Crippen molar-refractivity contribution in [3.8, 4) is 5.75 Å². The molecule has 2 rings (SSSR count). The van der Waals surface area contributed by atoms with E-state index in [2.05, 4.69) is 34.6 Å². The van der Waals surface area contributed by atoms with Crippen LogP contribution in [0.2, 0.25) is 0 Å². The van der Waals surface area contributed by atoms with Gasteiger partial charge in [0.2, 0.25) is 0 Å². The fraction of sp³-hybridized carbons (Fsp3) is 0.500. The van der Waals surface area contributed by atoms with Gasteiger partial charge >= 0.3 is 0 Å². The normalized spacial score (nSPS) is 11.0. The van der Waals surface area contributed by atoms with Crippen molar-refractivity contribution in [3.05, 3.63) is 30.0 Å². The molecule has 1 aromatic carbocycles. The van der Waals surface area contributed by atoms with Gasteiger partial charge in [-0.3, -0.25) is 4.79 Å². The van der Waals surface area contributed by atoms with Crippen molar-refractivity contribution < 1.29 is 13.9 Å². The van der Waals surface area contributed by atoms with E-state index < -0.39 is 5.91 Å². The maximum atomic E-state index is 10.8. The number of fused-ring (bicyclic) bond motifs is 1. The minimum atomic E-state index is -0.569. The van der Waals surface area contributed by atoms with E-state index >= 15 is 0 Å². The van der Waals surface area contributed by atoms with Crippen molar-refractivity contribution in [2.75, 3.05) is 7.11 Å². The molecule has 0 bridgehead atoms. The molecule has 1 aromatic heterocycles. The van der Waals surface area contributed by atoms with E-state index in [1.807, 2.05) is 0 Å². The molecular formula is C18H27NO3. The van der Waals surface area contributed by atoms with E-state index in [9.17, 15) is 4.79 Å². The van der Waals surface area contributed by atoms with Crippen LogP contribution >= 0.6 is 0 Å². The summed E-state index contributed by atoms with van der Waals surface area (Å²) in [6, 6.07) is 6.88. The van der Waals surface area contributed by atoms with E-state index in [0.29, 0.717) is 11.3 Å². The summed E-state index contributed by atoms with van der Waals surface area (Å²) in [6.07, 6.45) is 0. The smallest absolute Gasteiger partial charge is 0.284 e. The van der Waals surface area contributed by atoms with Gasteiger partial charge in [-0.15, -0.1) is 0 Å². The number of methoxy groups -OCH3 is 1. The van der Waals surface area contributed by atoms with Gasteiger partial charge in [0.05, 0.1) is 7.11 Å². The first-order valence-corrected chi connectivity index (χ1v) is 7.63. The molecule has 0 saturated carbocycles. The number of carbonyl (C=O) groups excluding carboxylic acids is 1. The molecule has 0 atom stereocenters. The first-order chi connectivity index (χ1) is 10.3. The molecule has 4 heteroatoms. The summed E-state index contributed by atoms with van der Waals surface area (Å²) in [5.41, 5.74) is 5.71. The number of primary amides is 1. The summed E-state index contributed by atoms with van der Waals surface area (Å²) >= 11 is 0. The molecule has 0 aliphatic heterocycles. The lowest BCUT2D eigenvalue weighted by Gasteiger charge is -2.18. The van der Waals surface area contributed by atoms with E-state index in [0.717, 1.165) is 23.1 Å². The number of hydrogen-bond acceptors (Lipinski definition) is 3. The van der Waals surface area contributed by atoms with Gasteiger partial charge in [0.25, 0.3) is 5.91 Å². The zero-order chi connectivity index (χ0) is 16.9. The minimum Gasteiger partial charge on any atom is -0.497 e. The monoisotopic (exact) mass is 305 g/mol. The van der Waals surface area contributed by atoms with Crippen LogP contribution < -0.4 is 10.5 Å². The Bertz CT molecular complexity index is 606. The second-order valence-electron chi connectivity index (χ2n) is 6.23. The number of benzene rings is 1. The first-order valence-electron chi connectivity index (χ1n) is 7.63. The van der Waals surface area contributed by atoms with Crippen LogP contribution in [0.25, 0.3) is 11.0 Å². The molecule has 0 spiro atoms. The molecule has 1 heterocycles. The fourth-order valence-corrected chi connectivity index (χ4v) is 2.04. The van der Waals surface area contributed by atoms with Crippen LogP contribution in [0, 0.1) is 17.8 Å². The molecule has 0 radical (unpaired) electrons. The predicted molar refractivity (Wildman–Crippen MR) is 90.1 cm³/mol. The number of ether oxygens (including phenoxy) is 1. The Morgan fingerprint density at radius 1 is 1.09 bits per heavy atom. The van der Waals surface area contributed by atoms with E-state index in [1.165, 1.54) is 0 Å². The Labute approximate surface area is 132 Å². The highest BCUT2D eigenvalue weighted by Crippen LogP contribution is 2.23. The van der Waals surface area contributed by atoms with Gasteiger partial charge in [0, 0.05) is 5.39 Å². The molecule has 22 heavy (non-hydrogen) atoms. The van der Waals surface area contributed by atoms with Crippen LogP contribution in [0.15, 0.2) is 28.7 Å². The number of hydrogen-bond donors (Lipinski definition) is 1. The van der Waals surface area contributed by atoms with Crippen LogP contribution in [0.3, 0.4) is 0 Å². The summed E-state index contributed by atoms with van der Waals surface area (Å²) in [7, 11) is 1.58. The largest absolute Gasteiger partial charge is 0.497 e. The van der Waals surface area contributed by atoms with Crippen LogP contribution in [0.4, 0.5) is 0 Å². The molecule has 4 nitrogen and oxygen atoms in total. The molecular weight excluding hydrogens is 278 g/mol. The third-order valence-electron chi connectivity index (χ3n) is 4.07. The SMILES string of the molecule is CC(C)C(C)C(C)C.COc1ccc2oc(C(N)=O)cc2c1. The van der Waals surface area contributed by atoms with Crippen LogP contribution in [0.1, 0.15) is 45.2 Å². The van der Waals surface area contributed by atoms with Crippen molar-refractivity contribution in [1.82, 2.24) is 0 Å². The minimum absolute atomic E-state index is 0.160. The molecule has 0 fully saturated rings. The average Bonchev–Trinajstić information content (AvgIpc) is 2.89. The maximum absolute atomic E-state index is 10.8. The number of nitrogens with two attached hydrogens (primary N) is 1. The van der Waals surface area contributed by atoms with Gasteiger partial charge in [-0.2, -0.15) is 0 Å². The molecule has 0 unspecified atom stereocenters. The lowest BCUT2D eigenvalue weighted by atomic mass is 9.88. The zero-order valence-corrected chi connectivity index (χ0v) is 14.3. The fourth-order valence-electron chi connectivity index (χ4n) is 2.04. The van der Waals surface area contributed by atoms with E-state index in [-0.39, 0.29) is 5.76 Å². The predicted octanol–water partition coefficient (Wildman–Crippen LogP) is 4.47. The molecule has 122 valence electrons. The van der Waals surface area contributed by atoms with E-state index in [4.69, 9.17) is 14.9 Å². The summed E-state index contributed by atoms with van der Waals surface area (Å²) < 4.78 is 10.2. The molecule has 0 aliphatic rings. The average molecular weight is 305 g/mol. The highest BCUT2D eigenvalue weighted by Gasteiger charge is 2.10. The third kappa shape index (κ3) is 4.79. The number of amides is 1. The van der Waals surface area contributed by atoms with Gasteiger partial charge in [0.1, 0.15) is 11.3 Å². The Morgan fingerprint density at radius 3 is 2.09 bits per heavy atom. The Balaban J connectivity index is 0.000000261. The highest BCUT2D eigenvalue weighted by atomic mass is 16.5. The summed E-state index contributed by atoms with van der Waals surface area (Å²) in [4.78, 5) is 10.8. The van der Waals surface area contributed by atoms with Gasteiger partial charge in [0.15, 0.2) is 5.76 Å². The quantitative estimate of drug-likeness (QED) is 0.906. The van der Waals surface area contributed by atoms with Crippen molar-refractivity contribution >= 4 is 16.9 Å². The van der Waals surface area contributed by atoms with Crippen LogP contribution in [-0.4, -0.2) is 13.0 Å². The maximum Gasteiger partial charge on any atom is 0.284 e. The third-order valence-corrected chi connectivity index (χ3v) is 4.07. The van der Waals surface area contributed by atoms with Crippen LogP contribution in [-0.2, 0) is 0 Å². The van der Waals surface area contributed by atoms with Gasteiger partial charge in [-0.1, -0.05) is 34.6 Å². The summed E-state index contributed by atoms with van der Waals surface area (Å²) in [5.74, 6) is 2.86. The zero-order valence-electron chi connectivity index (χ0n) is 14.3. The molecule has 2 aromatic rings. The topological polar surface area (TPSA) is 65.5 Å². The van der Waals surface area contributed by atoms with Crippen molar-refractivity contribution in [2.45, 2.75) is 34.6 Å². The molecule has 0 saturated heterocycles. The van der Waals surface area contributed by atoms with Crippen molar-refractivity contribution in [1.29, 1.82) is 0 Å². The summed E-state index contributed by atoms with van der Waals surface area (Å²) in [6.45, 7) is 11.4. The number of carbonyl (C=O) groups is 1. The lowest BCUT2D eigenvalue weighted by molar-refractivity contribution is 0.0976. The molecule has 1 amide bonds. The lowest BCUT2D eigenvalue weighted by Crippen LogP contribution is -2.10. The van der Waals surface area contributed by atoms with Crippen molar-refractivity contribution in [2.24, 2.45) is 23.5 Å². The first kappa shape index (κ1) is 18.1. The van der Waals surface area contributed by atoms with Gasteiger partial charge in [-0.25, -0.2) is 0 Å².